The number of ether oxygens (including phenoxy) is 2. The first-order chi connectivity index (χ1) is 8.52. The SMILES string of the molecule is COC(=O)C(C(=O)c1ccccc1OC)C(C)C. The van der Waals surface area contributed by atoms with Crippen molar-refractivity contribution in [3.8, 4) is 5.75 Å². The van der Waals surface area contributed by atoms with E-state index >= 15 is 0 Å². The summed E-state index contributed by atoms with van der Waals surface area (Å²) in [5, 5.41) is 0. The Morgan fingerprint density at radius 3 is 2.22 bits per heavy atom. The first-order valence-electron chi connectivity index (χ1n) is 5.78. The minimum atomic E-state index is -0.800. The lowest BCUT2D eigenvalue weighted by Crippen LogP contribution is -2.30. The summed E-state index contributed by atoms with van der Waals surface area (Å²) in [5.74, 6) is -1.24. The molecule has 4 heteroatoms. The predicted molar refractivity (Wildman–Crippen MR) is 67.7 cm³/mol. The van der Waals surface area contributed by atoms with Crippen molar-refractivity contribution < 1.29 is 19.1 Å². The molecule has 1 unspecified atom stereocenters. The number of Topliss-reactive ketones (excluding diaryl/α,β-unsaturated/α-hetero) is 1. The van der Waals surface area contributed by atoms with Crippen molar-refractivity contribution in [3.63, 3.8) is 0 Å². The molecule has 0 spiro atoms. The van der Waals surface area contributed by atoms with Gasteiger partial charge < -0.3 is 9.47 Å². The molecular formula is C14H18O4. The van der Waals surface area contributed by atoms with Crippen LogP contribution in [0.4, 0.5) is 0 Å². The highest BCUT2D eigenvalue weighted by molar-refractivity contribution is 6.10. The average molecular weight is 250 g/mol. The number of ketones is 1. The topological polar surface area (TPSA) is 52.6 Å². The summed E-state index contributed by atoms with van der Waals surface area (Å²) in [6.07, 6.45) is 0. The van der Waals surface area contributed by atoms with Gasteiger partial charge in [-0.25, -0.2) is 0 Å². The van der Waals surface area contributed by atoms with E-state index in [4.69, 9.17) is 4.74 Å². The molecule has 4 nitrogen and oxygen atoms in total. The molecule has 1 aromatic rings. The number of methoxy groups -OCH3 is 2. The Hall–Kier alpha value is -1.84. The summed E-state index contributed by atoms with van der Waals surface area (Å²) in [6.45, 7) is 3.63. The Labute approximate surface area is 107 Å². The predicted octanol–water partition coefficient (Wildman–Crippen LogP) is 2.32. The normalized spacial score (nSPS) is 12.1. The average Bonchev–Trinajstić information content (AvgIpc) is 2.37. The highest BCUT2D eigenvalue weighted by Gasteiger charge is 2.32. The lowest BCUT2D eigenvalue weighted by atomic mass is 9.87. The highest BCUT2D eigenvalue weighted by atomic mass is 16.5. The number of carbonyl (C=O) groups excluding carboxylic acids is 2. The van der Waals surface area contributed by atoms with E-state index in [9.17, 15) is 9.59 Å². The van der Waals surface area contributed by atoms with Gasteiger partial charge in [0.25, 0.3) is 0 Å². The second-order valence-electron chi connectivity index (χ2n) is 4.31. The number of para-hydroxylation sites is 1. The first-order valence-corrected chi connectivity index (χ1v) is 5.78. The third kappa shape index (κ3) is 2.88. The van der Waals surface area contributed by atoms with Crippen molar-refractivity contribution >= 4 is 11.8 Å². The van der Waals surface area contributed by atoms with Gasteiger partial charge in [0.05, 0.1) is 19.8 Å². The first kappa shape index (κ1) is 14.2. The molecule has 0 heterocycles. The lowest BCUT2D eigenvalue weighted by molar-refractivity contribution is -0.144. The van der Waals surface area contributed by atoms with E-state index in [1.807, 2.05) is 13.8 Å². The summed E-state index contributed by atoms with van der Waals surface area (Å²) < 4.78 is 9.83. The Balaban J connectivity index is 3.14. The van der Waals surface area contributed by atoms with E-state index in [-0.39, 0.29) is 11.7 Å². The summed E-state index contributed by atoms with van der Waals surface area (Å²) >= 11 is 0. The van der Waals surface area contributed by atoms with Crippen LogP contribution in [0.2, 0.25) is 0 Å². The maximum atomic E-state index is 12.4. The van der Waals surface area contributed by atoms with Gasteiger partial charge in [0.1, 0.15) is 11.7 Å². The number of benzene rings is 1. The molecule has 0 aliphatic carbocycles. The Morgan fingerprint density at radius 1 is 1.11 bits per heavy atom. The molecule has 0 amide bonds. The Kier molecular flexibility index (Phi) is 4.89. The second-order valence-corrected chi connectivity index (χ2v) is 4.31. The molecule has 18 heavy (non-hydrogen) atoms. The van der Waals surface area contributed by atoms with Gasteiger partial charge in [0.2, 0.25) is 0 Å². The number of rotatable bonds is 5. The van der Waals surface area contributed by atoms with Gasteiger partial charge in [-0.15, -0.1) is 0 Å². The van der Waals surface area contributed by atoms with Gasteiger partial charge in [-0.1, -0.05) is 26.0 Å². The fourth-order valence-electron chi connectivity index (χ4n) is 1.82. The molecule has 0 saturated carbocycles. The van der Waals surface area contributed by atoms with Crippen LogP contribution in [0.5, 0.6) is 5.75 Å². The zero-order chi connectivity index (χ0) is 13.7. The van der Waals surface area contributed by atoms with Crippen LogP contribution in [0.3, 0.4) is 0 Å². The van der Waals surface area contributed by atoms with Crippen LogP contribution in [-0.2, 0) is 9.53 Å². The summed E-state index contributed by atoms with van der Waals surface area (Å²) in [4.78, 5) is 24.1. The lowest BCUT2D eigenvalue weighted by Gasteiger charge is -2.18. The highest BCUT2D eigenvalue weighted by Crippen LogP contribution is 2.25. The van der Waals surface area contributed by atoms with Crippen molar-refractivity contribution in [1.82, 2.24) is 0 Å². The van der Waals surface area contributed by atoms with Crippen LogP contribution in [0.15, 0.2) is 24.3 Å². The standard InChI is InChI=1S/C14H18O4/c1-9(2)12(14(16)18-4)13(15)10-7-5-6-8-11(10)17-3/h5-9,12H,1-4H3. The van der Waals surface area contributed by atoms with Crippen molar-refractivity contribution in [3.05, 3.63) is 29.8 Å². The molecule has 98 valence electrons. The van der Waals surface area contributed by atoms with Crippen LogP contribution in [0, 0.1) is 11.8 Å². The Morgan fingerprint density at radius 2 is 1.72 bits per heavy atom. The fourth-order valence-corrected chi connectivity index (χ4v) is 1.82. The molecule has 1 rings (SSSR count). The van der Waals surface area contributed by atoms with Gasteiger partial charge >= 0.3 is 5.97 Å². The third-order valence-electron chi connectivity index (χ3n) is 2.78. The van der Waals surface area contributed by atoms with E-state index in [2.05, 4.69) is 4.74 Å². The summed E-state index contributed by atoms with van der Waals surface area (Å²) in [7, 11) is 2.78. The van der Waals surface area contributed by atoms with Gasteiger partial charge in [0.15, 0.2) is 5.78 Å². The van der Waals surface area contributed by atoms with Crippen LogP contribution in [0.25, 0.3) is 0 Å². The van der Waals surface area contributed by atoms with Crippen LogP contribution < -0.4 is 4.74 Å². The molecular weight excluding hydrogens is 232 g/mol. The number of carbonyl (C=O) groups is 2. The van der Waals surface area contributed by atoms with Crippen molar-refractivity contribution in [2.75, 3.05) is 14.2 Å². The molecule has 0 aromatic heterocycles. The molecule has 0 aliphatic heterocycles. The van der Waals surface area contributed by atoms with Gasteiger partial charge in [0, 0.05) is 0 Å². The van der Waals surface area contributed by atoms with Gasteiger partial charge in [-0.3, -0.25) is 9.59 Å². The van der Waals surface area contributed by atoms with E-state index in [0.29, 0.717) is 11.3 Å². The molecule has 1 atom stereocenters. The molecule has 0 radical (unpaired) electrons. The van der Waals surface area contributed by atoms with Crippen molar-refractivity contribution in [2.45, 2.75) is 13.8 Å². The molecule has 0 fully saturated rings. The fraction of sp³-hybridized carbons (Fsp3) is 0.429. The minimum absolute atomic E-state index is 0.130. The largest absolute Gasteiger partial charge is 0.496 e. The van der Waals surface area contributed by atoms with Gasteiger partial charge in [-0.05, 0) is 18.1 Å². The van der Waals surface area contributed by atoms with E-state index in [1.54, 1.807) is 24.3 Å². The Bertz CT molecular complexity index is 437. The van der Waals surface area contributed by atoms with E-state index in [0.717, 1.165) is 0 Å². The molecule has 0 bridgehead atoms. The maximum absolute atomic E-state index is 12.4. The van der Waals surface area contributed by atoms with E-state index < -0.39 is 11.9 Å². The zero-order valence-electron chi connectivity index (χ0n) is 11.1. The monoisotopic (exact) mass is 250 g/mol. The maximum Gasteiger partial charge on any atom is 0.316 e. The van der Waals surface area contributed by atoms with E-state index in [1.165, 1.54) is 14.2 Å². The van der Waals surface area contributed by atoms with Crippen molar-refractivity contribution in [2.24, 2.45) is 11.8 Å². The van der Waals surface area contributed by atoms with Crippen LogP contribution >= 0.6 is 0 Å². The molecule has 0 N–H and O–H groups in total. The molecule has 0 saturated heterocycles. The third-order valence-corrected chi connectivity index (χ3v) is 2.78. The van der Waals surface area contributed by atoms with Crippen molar-refractivity contribution in [1.29, 1.82) is 0 Å². The quantitative estimate of drug-likeness (QED) is 0.457. The second kappa shape index (κ2) is 6.19. The minimum Gasteiger partial charge on any atom is -0.496 e. The zero-order valence-corrected chi connectivity index (χ0v) is 11.1. The number of hydrogen-bond acceptors (Lipinski definition) is 4. The number of esters is 1. The number of hydrogen-bond donors (Lipinski definition) is 0. The molecule has 0 aliphatic rings. The van der Waals surface area contributed by atoms with Gasteiger partial charge in [-0.2, -0.15) is 0 Å². The van der Waals surface area contributed by atoms with Crippen LogP contribution in [0.1, 0.15) is 24.2 Å². The smallest absolute Gasteiger partial charge is 0.316 e. The summed E-state index contributed by atoms with van der Waals surface area (Å²) in [5.41, 5.74) is 0.407. The molecule has 1 aromatic carbocycles. The summed E-state index contributed by atoms with van der Waals surface area (Å²) in [6, 6.07) is 6.87. The van der Waals surface area contributed by atoms with Crippen LogP contribution in [-0.4, -0.2) is 26.0 Å².